The van der Waals surface area contributed by atoms with Crippen molar-refractivity contribution in [1.29, 1.82) is 0 Å². The van der Waals surface area contributed by atoms with Gasteiger partial charge in [0.05, 0.1) is 11.0 Å². The topological polar surface area (TPSA) is 53.1 Å². The van der Waals surface area contributed by atoms with Gasteiger partial charge in [-0.3, -0.25) is 4.57 Å². The predicted octanol–water partition coefficient (Wildman–Crippen LogP) is 9.47. The number of nitrogens with zero attached hydrogens (tertiary/aromatic N) is 3. The molecule has 0 aliphatic heterocycles. The molecule has 192 valence electrons. The molecular formula is C32H30BrN3O2. The van der Waals surface area contributed by atoms with E-state index in [-0.39, 0.29) is 10.8 Å². The zero-order valence-electron chi connectivity index (χ0n) is 22.5. The first kappa shape index (κ1) is 24.7. The Morgan fingerprint density at radius 1 is 0.842 bits per heavy atom. The largest absolute Gasteiger partial charge is 0.453 e. The highest BCUT2D eigenvalue weighted by atomic mass is 79.9. The number of benzene rings is 3. The summed E-state index contributed by atoms with van der Waals surface area (Å²) in [5.74, 6) is 2.86. The Morgan fingerprint density at radius 3 is 2.37 bits per heavy atom. The van der Waals surface area contributed by atoms with E-state index in [1.165, 1.54) is 5.56 Å². The van der Waals surface area contributed by atoms with E-state index in [0.29, 0.717) is 23.0 Å². The number of para-hydroxylation sites is 1. The molecule has 0 spiro atoms. The van der Waals surface area contributed by atoms with E-state index in [1.54, 1.807) is 0 Å². The number of pyridine rings is 1. The third-order valence-electron chi connectivity index (χ3n) is 6.77. The highest BCUT2D eigenvalue weighted by molar-refractivity contribution is 9.10. The van der Waals surface area contributed by atoms with Gasteiger partial charge in [0.1, 0.15) is 17.1 Å². The normalized spacial score (nSPS) is 12.6. The average molecular weight is 569 g/mol. The molecular weight excluding hydrogens is 538 g/mol. The van der Waals surface area contributed by atoms with Crippen LogP contribution in [0.2, 0.25) is 0 Å². The molecule has 0 fully saturated rings. The third-order valence-corrected chi connectivity index (χ3v) is 7.27. The summed E-state index contributed by atoms with van der Waals surface area (Å²) in [4.78, 5) is 9.87. The van der Waals surface area contributed by atoms with E-state index in [0.717, 1.165) is 37.6 Å². The number of hydrogen-bond acceptors (Lipinski definition) is 4. The molecule has 5 nitrogen and oxygen atoms in total. The standard InChI is InChI=1S/C32H30BrN3O2/c1-31(2,3)19-14-15-34-26(16-19)36-23-13-8-7-12-22(23)27-24(36)18-25(37-21-11-9-10-20(33)17-21)29-28(27)35-30(38-29)32(4,5)6/h7-18H,1-6H3. The fraction of sp³-hybridized carbons (Fsp3) is 0.250. The van der Waals surface area contributed by atoms with Gasteiger partial charge >= 0.3 is 0 Å². The number of halogens is 1. The minimum atomic E-state index is -0.265. The molecule has 6 rings (SSSR count). The molecule has 0 aliphatic rings. The van der Waals surface area contributed by atoms with Gasteiger partial charge in [-0.1, -0.05) is 81.7 Å². The van der Waals surface area contributed by atoms with Crippen molar-refractivity contribution >= 4 is 48.8 Å². The smallest absolute Gasteiger partial charge is 0.201 e. The van der Waals surface area contributed by atoms with Crippen LogP contribution >= 0.6 is 15.9 Å². The highest BCUT2D eigenvalue weighted by Crippen LogP contribution is 2.43. The summed E-state index contributed by atoms with van der Waals surface area (Å²) in [7, 11) is 0. The highest BCUT2D eigenvalue weighted by Gasteiger charge is 2.27. The van der Waals surface area contributed by atoms with E-state index in [2.05, 4.69) is 105 Å². The van der Waals surface area contributed by atoms with Crippen molar-refractivity contribution in [2.45, 2.75) is 52.4 Å². The zero-order valence-corrected chi connectivity index (χ0v) is 24.1. The molecule has 0 bridgehead atoms. The number of rotatable bonds is 3. The molecule has 3 heterocycles. The minimum absolute atomic E-state index is 0.00753. The Labute approximate surface area is 230 Å². The average Bonchev–Trinajstić information content (AvgIpc) is 3.44. The lowest BCUT2D eigenvalue weighted by molar-refractivity contribution is 0.401. The fourth-order valence-corrected chi connectivity index (χ4v) is 5.18. The van der Waals surface area contributed by atoms with Crippen LogP contribution in [-0.2, 0) is 10.8 Å². The molecule has 6 heteroatoms. The Morgan fingerprint density at radius 2 is 1.63 bits per heavy atom. The van der Waals surface area contributed by atoms with E-state index in [4.69, 9.17) is 19.1 Å². The summed E-state index contributed by atoms with van der Waals surface area (Å²) in [6, 6.07) is 22.5. The Hall–Kier alpha value is -3.64. The van der Waals surface area contributed by atoms with Gasteiger partial charge in [-0.25, -0.2) is 9.97 Å². The van der Waals surface area contributed by atoms with E-state index < -0.39 is 0 Å². The lowest BCUT2D eigenvalue weighted by atomic mass is 9.88. The van der Waals surface area contributed by atoms with Crippen LogP contribution < -0.4 is 4.74 Å². The maximum absolute atomic E-state index is 6.47. The van der Waals surface area contributed by atoms with Crippen molar-refractivity contribution in [3.8, 4) is 17.3 Å². The molecule has 0 N–H and O–H groups in total. The maximum Gasteiger partial charge on any atom is 0.201 e. The van der Waals surface area contributed by atoms with E-state index >= 15 is 0 Å². The molecule has 38 heavy (non-hydrogen) atoms. The van der Waals surface area contributed by atoms with Crippen LogP contribution in [0.15, 0.2) is 81.8 Å². The van der Waals surface area contributed by atoms with Gasteiger partial charge in [0.25, 0.3) is 0 Å². The number of fused-ring (bicyclic) bond motifs is 5. The monoisotopic (exact) mass is 567 g/mol. The van der Waals surface area contributed by atoms with Crippen molar-refractivity contribution in [2.75, 3.05) is 0 Å². The molecule has 0 saturated heterocycles. The first-order chi connectivity index (χ1) is 18.0. The quantitative estimate of drug-likeness (QED) is 0.213. The summed E-state index contributed by atoms with van der Waals surface area (Å²) in [6.07, 6.45) is 1.89. The van der Waals surface area contributed by atoms with Gasteiger partial charge in [0.2, 0.25) is 5.89 Å². The summed E-state index contributed by atoms with van der Waals surface area (Å²) < 4.78 is 16.1. The first-order valence-corrected chi connectivity index (χ1v) is 13.6. The van der Waals surface area contributed by atoms with Gasteiger partial charge in [-0.05, 0) is 47.4 Å². The molecule has 0 amide bonds. The van der Waals surface area contributed by atoms with Crippen molar-refractivity contribution in [3.63, 3.8) is 0 Å². The fourth-order valence-electron chi connectivity index (χ4n) is 4.80. The van der Waals surface area contributed by atoms with Gasteiger partial charge in [0.15, 0.2) is 11.3 Å². The second-order valence-corrected chi connectivity index (χ2v) is 12.7. The molecule has 3 aromatic heterocycles. The van der Waals surface area contributed by atoms with Crippen LogP contribution in [0.3, 0.4) is 0 Å². The second-order valence-electron chi connectivity index (χ2n) is 11.8. The van der Waals surface area contributed by atoms with Crippen LogP contribution in [0.4, 0.5) is 0 Å². The molecule has 0 saturated carbocycles. The van der Waals surface area contributed by atoms with Gasteiger partial charge in [0, 0.05) is 32.9 Å². The second kappa shape index (κ2) is 8.70. The molecule has 0 unspecified atom stereocenters. The lowest BCUT2D eigenvalue weighted by Gasteiger charge is -2.20. The Kier molecular flexibility index (Phi) is 5.65. The maximum atomic E-state index is 6.47. The van der Waals surface area contributed by atoms with Crippen LogP contribution in [-0.4, -0.2) is 14.5 Å². The molecule has 0 aliphatic carbocycles. The minimum Gasteiger partial charge on any atom is -0.453 e. The van der Waals surface area contributed by atoms with Crippen molar-refractivity contribution in [2.24, 2.45) is 0 Å². The van der Waals surface area contributed by atoms with E-state index in [1.807, 2.05) is 30.5 Å². The van der Waals surface area contributed by atoms with Crippen LogP contribution in [0.1, 0.15) is 53.0 Å². The summed E-state index contributed by atoms with van der Waals surface area (Å²) in [6.45, 7) is 13.0. The predicted molar refractivity (Wildman–Crippen MR) is 158 cm³/mol. The number of oxazole rings is 1. The molecule has 0 atom stereocenters. The Bertz CT molecular complexity index is 1830. The van der Waals surface area contributed by atoms with Gasteiger partial charge in [-0.15, -0.1) is 0 Å². The Balaban J connectivity index is 1.73. The third kappa shape index (κ3) is 4.17. The van der Waals surface area contributed by atoms with E-state index in [9.17, 15) is 0 Å². The lowest BCUT2D eigenvalue weighted by Crippen LogP contribution is -2.12. The first-order valence-electron chi connectivity index (χ1n) is 12.8. The summed E-state index contributed by atoms with van der Waals surface area (Å²) in [5.41, 5.74) is 4.40. The molecule has 3 aromatic carbocycles. The van der Waals surface area contributed by atoms with Gasteiger partial charge < -0.3 is 9.15 Å². The number of ether oxygens (including phenoxy) is 1. The van der Waals surface area contributed by atoms with Gasteiger partial charge in [-0.2, -0.15) is 0 Å². The summed E-state index contributed by atoms with van der Waals surface area (Å²) >= 11 is 3.56. The van der Waals surface area contributed by atoms with Crippen LogP contribution in [0.25, 0.3) is 38.7 Å². The number of aromatic nitrogens is 3. The van der Waals surface area contributed by atoms with Crippen molar-refractivity contribution in [1.82, 2.24) is 14.5 Å². The SMILES string of the molecule is CC(C)(C)c1ccnc(-n2c3ccccc3c3c4nc(C(C)(C)C)oc4c(Oc4cccc(Br)c4)cc32)c1. The van der Waals surface area contributed by atoms with Crippen LogP contribution in [0, 0.1) is 0 Å². The molecule has 6 aromatic rings. The van der Waals surface area contributed by atoms with Crippen molar-refractivity contribution < 1.29 is 9.15 Å². The zero-order chi connectivity index (χ0) is 26.8. The van der Waals surface area contributed by atoms with Crippen molar-refractivity contribution in [3.05, 3.63) is 88.9 Å². The molecule has 0 radical (unpaired) electrons. The summed E-state index contributed by atoms with van der Waals surface area (Å²) in [5, 5.41) is 2.12. The number of hydrogen-bond donors (Lipinski definition) is 0. The van der Waals surface area contributed by atoms with Crippen LogP contribution in [0.5, 0.6) is 11.5 Å².